The Morgan fingerprint density at radius 1 is 1.29 bits per heavy atom. The molecule has 0 bridgehead atoms. The molecule has 0 aliphatic rings. The van der Waals surface area contributed by atoms with Crippen LogP contribution >= 0.6 is 0 Å². The number of ether oxygens (including phenoxy) is 2. The minimum absolute atomic E-state index is 0.211. The molecule has 5 heteroatoms. The molecule has 14 heavy (non-hydrogen) atoms. The molecule has 0 saturated heterocycles. The highest BCUT2D eigenvalue weighted by Crippen LogP contribution is 1.74. The van der Waals surface area contributed by atoms with Crippen LogP contribution in [0.2, 0.25) is 0 Å². The first-order valence-electron chi connectivity index (χ1n) is 4.19. The van der Waals surface area contributed by atoms with Crippen molar-refractivity contribution < 1.29 is 24.2 Å². The summed E-state index contributed by atoms with van der Waals surface area (Å²) in [5.41, 5.74) is 0. The van der Waals surface area contributed by atoms with E-state index >= 15 is 0 Å². The van der Waals surface area contributed by atoms with Gasteiger partial charge in [0.1, 0.15) is 0 Å². The highest BCUT2D eigenvalue weighted by Gasteiger charge is 1.82. The molecule has 0 atom stereocenters. The number of hydrogen-bond acceptors (Lipinski definition) is 4. The van der Waals surface area contributed by atoms with Crippen LogP contribution in [0, 0.1) is 0 Å². The Kier molecular flexibility index (Phi) is 12.3. The lowest BCUT2D eigenvalue weighted by Crippen LogP contribution is -1.95. The maximum atomic E-state index is 9.82. The van der Waals surface area contributed by atoms with E-state index in [4.69, 9.17) is 5.11 Å². The zero-order chi connectivity index (χ0) is 11.4. The van der Waals surface area contributed by atoms with Crippen LogP contribution < -0.4 is 0 Å². The molecule has 0 saturated carbocycles. The van der Waals surface area contributed by atoms with Gasteiger partial charge in [0.25, 0.3) is 0 Å². The molecule has 0 rings (SSSR count). The third kappa shape index (κ3) is 22.4. The molecular weight excluding hydrogens is 188 g/mol. The van der Waals surface area contributed by atoms with Crippen molar-refractivity contribution in [2.45, 2.75) is 20.8 Å². The lowest BCUT2D eigenvalue weighted by Gasteiger charge is -1.89. The average molecular weight is 204 g/mol. The third-order valence-electron chi connectivity index (χ3n) is 0.821. The van der Waals surface area contributed by atoms with Crippen LogP contribution in [-0.2, 0) is 19.1 Å². The normalized spacial score (nSPS) is 8.79. The molecule has 5 nitrogen and oxygen atoms in total. The summed E-state index contributed by atoms with van der Waals surface area (Å²) >= 11 is 0. The maximum Gasteiger partial charge on any atom is 0.331 e. The summed E-state index contributed by atoms with van der Waals surface area (Å²) in [6.07, 6.45) is 2.10. The van der Waals surface area contributed by atoms with E-state index in [0.717, 1.165) is 12.3 Å². The number of rotatable bonds is 4. The Hall–Kier alpha value is -1.52. The van der Waals surface area contributed by atoms with Gasteiger partial charge in [0.2, 0.25) is 0 Å². The first-order chi connectivity index (χ1) is 6.54. The smallest absolute Gasteiger partial charge is 0.331 e. The van der Waals surface area contributed by atoms with E-state index < -0.39 is 5.97 Å². The van der Waals surface area contributed by atoms with Crippen molar-refractivity contribution in [2.75, 3.05) is 13.2 Å². The maximum absolute atomic E-state index is 9.82. The molecule has 0 aromatic rings. The third-order valence-corrected chi connectivity index (χ3v) is 0.821. The minimum Gasteiger partial charge on any atom is -0.501 e. The van der Waals surface area contributed by atoms with E-state index in [-0.39, 0.29) is 5.97 Å². The van der Waals surface area contributed by atoms with Crippen LogP contribution in [0.5, 0.6) is 0 Å². The molecule has 0 aromatic carbocycles. The van der Waals surface area contributed by atoms with Gasteiger partial charge in [-0.1, -0.05) is 0 Å². The summed E-state index contributed by atoms with van der Waals surface area (Å²) in [4.78, 5) is 19.5. The molecule has 0 aliphatic carbocycles. The largest absolute Gasteiger partial charge is 0.501 e. The number of carbonyl (C=O) groups excluding carboxylic acids is 1. The van der Waals surface area contributed by atoms with Crippen LogP contribution in [0.15, 0.2) is 12.3 Å². The number of carboxylic acid groups (broad SMARTS) is 1. The van der Waals surface area contributed by atoms with Gasteiger partial charge in [-0.3, -0.25) is 4.79 Å². The topological polar surface area (TPSA) is 72.8 Å². The molecule has 0 unspecified atom stereocenters. The Balaban J connectivity index is 0. The van der Waals surface area contributed by atoms with Gasteiger partial charge >= 0.3 is 11.9 Å². The second kappa shape index (κ2) is 11.5. The number of aliphatic carboxylic acids is 1. The molecule has 0 spiro atoms. The van der Waals surface area contributed by atoms with Gasteiger partial charge in [-0.15, -0.1) is 0 Å². The quantitative estimate of drug-likeness (QED) is 0.423. The highest BCUT2D eigenvalue weighted by atomic mass is 16.5. The molecule has 82 valence electrons. The van der Waals surface area contributed by atoms with Crippen molar-refractivity contribution in [3.8, 4) is 0 Å². The van der Waals surface area contributed by atoms with Crippen molar-refractivity contribution in [3.05, 3.63) is 12.3 Å². The van der Waals surface area contributed by atoms with E-state index in [1.807, 2.05) is 0 Å². The van der Waals surface area contributed by atoms with Crippen LogP contribution in [-0.4, -0.2) is 30.3 Å². The first-order valence-corrected chi connectivity index (χ1v) is 4.19. The number of hydrogen-bond donors (Lipinski definition) is 1. The van der Waals surface area contributed by atoms with Gasteiger partial charge in [-0.25, -0.2) is 4.79 Å². The molecule has 0 fully saturated rings. The van der Waals surface area contributed by atoms with E-state index in [1.165, 1.54) is 6.92 Å². The summed E-state index contributed by atoms with van der Waals surface area (Å²) in [5.74, 6) is -1.20. The standard InChI is InChI=1S/C5H8O3.C4H8O2/c1-2-8-4-3-5(6)7;1-3-6-4(2)5/h3-4H,2H2,1H3,(H,6,7);3H2,1-2H3. The van der Waals surface area contributed by atoms with Crippen molar-refractivity contribution in [1.29, 1.82) is 0 Å². The predicted octanol–water partition coefficient (Wildman–Crippen LogP) is 1.19. The fourth-order valence-electron chi connectivity index (χ4n) is 0.406. The Morgan fingerprint density at radius 2 is 1.86 bits per heavy atom. The van der Waals surface area contributed by atoms with Crippen LogP contribution in [0.1, 0.15) is 20.8 Å². The fourth-order valence-corrected chi connectivity index (χ4v) is 0.406. The van der Waals surface area contributed by atoms with Crippen LogP contribution in [0.3, 0.4) is 0 Å². The van der Waals surface area contributed by atoms with Gasteiger partial charge < -0.3 is 14.6 Å². The molecule has 0 aliphatic heterocycles. The van der Waals surface area contributed by atoms with Gasteiger partial charge in [-0.05, 0) is 13.8 Å². The summed E-state index contributed by atoms with van der Waals surface area (Å²) in [5, 5.41) is 7.97. The first kappa shape index (κ1) is 15.0. The Bertz CT molecular complexity index is 186. The summed E-state index contributed by atoms with van der Waals surface area (Å²) in [6, 6.07) is 0. The average Bonchev–Trinajstić information content (AvgIpc) is 2.05. The zero-order valence-corrected chi connectivity index (χ0v) is 8.65. The van der Waals surface area contributed by atoms with Crippen molar-refractivity contribution in [1.82, 2.24) is 0 Å². The highest BCUT2D eigenvalue weighted by molar-refractivity contribution is 5.79. The van der Waals surface area contributed by atoms with E-state index in [0.29, 0.717) is 13.2 Å². The molecule has 1 N–H and O–H groups in total. The molecule has 0 amide bonds. The van der Waals surface area contributed by atoms with Gasteiger partial charge in [-0.2, -0.15) is 0 Å². The van der Waals surface area contributed by atoms with Crippen molar-refractivity contribution in [3.63, 3.8) is 0 Å². The van der Waals surface area contributed by atoms with E-state index in [1.54, 1.807) is 13.8 Å². The van der Waals surface area contributed by atoms with Gasteiger partial charge in [0, 0.05) is 6.92 Å². The molecule has 0 aromatic heterocycles. The summed E-state index contributed by atoms with van der Waals surface area (Å²) < 4.78 is 8.99. The van der Waals surface area contributed by atoms with Crippen molar-refractivity contribution >= 4 is 11.9 Å². The van der Waals surface area contributed by atoms with E-state index in [9.17, 15) is 9.59 Å². The molecule has 0 radical (unpaired) electrons. The number of esters is 1. The predicted molar refractivity (Wildman–Crippen MR) is 50.7 cm³/mol. The second-order valence-corrected chi connectivity index (χ2v) is 2.02. The van der Waals surface area contributed by atoms with Gasteiger partial charge in [0.05, 0.1) is 25.6 Å². The fraction of sp³-hybridized carbons (Fsp3) is 0.556. The Labute approximate surface area is 83.3 Å². The van der Waals surface area contributed by atoms with Crippen LogP contribution in [0.4, 0.5) is 0 Å². The monoisotopic (exact) mass is 204 g/mol. The van der Waals surface area contributed by atoms with Crippen molar-refractivity contribution in [2.24, 2.45) is 0 Å². The molecule has 0 heterocycles. The zero-order valence-electron chi connectivity index (χ0n) is 8.65. The summed E-state index contributed by atoms with van der Waals surface area (Å²) in [6.45, 7) is 5.94. The number of carbonyl (C=O) groups is 2. The lowest BCUT2D eigenvalue weighted by atomic mass is 10.6. The number of carboxylic acids is 1. The Morgan fingerprint density at radius 3 is 2.07 bits per heavy atom. The van der Waals surface area contributed by atoms with Gasteiger partial charge in [0.15, 0.2) is 0 Å². The van der Waals surface area contributed by atoms with Crippen LogP contribution in [0.25, 0.3) is 0 Å². The minimum atomic E-state index is -0.988. The lowest BCUT2D eigenvalue weighted by molar-refractivity contribution is -0.140. The second-order valence-electron chi connectivity index (χ2n) is 2.02. The summed E-state index contributed by atoms with van der Waals surface area (Å²) in [7, 11) is 0. The SMILES string of the molecule is CCOC(C)=O.CCOC=CC(=O)O. The van der Waals surface area contributed by atoms with E-state index in [2.05, 4.69) is 9.47 Å². The molecular formula is C9H16O5.